The fourth-order valence-electron chi connectivity index (χ4n) is 4.00. The molecule has 0 unspecified atom stereocenters. The van der Waals surface area contributed by atoms with E-state index in [1.807, 2.05) is 0 Å². The first-order valence-electron chi connectivity index (χ1n) is 9.75. The number of nitrogens with zero attached hydrogens (tertiary/aromatic N) is 2. The summed E-state index contributed by atoms with van der Waals surface area (Å²) in [5.74, 6) is 0.444. The fourth-order valence-corrected chi connectivity index (χ4v) is 4.92. The van der Waals surface area contributed by atoms with E-state index in [1.165, 1.54) is 17.4 Å². The molecule has 0 bridgehead atoms. The average Bonchev–Trinajstić information content (AvgIpc) is 3.10. The van der Waals surface area contributed by atoms with E-state index in [2.05, 4.69) is 36.1 Å². The molecule has 0 amide bonds. The Morgan fingerprint density at radius 3 is 2.50 bits per heavy atom. The van der Waals surface area contributed by atoms with Crippen molar-refractivity contribution in [1.29, 1.82) is 0 Å². The molecular weight excluding hydrogens is 348 g/mol. The van der Waals surface area contributed by atoms with Crippen LogP contribution in [-0.2, 0) is 21.3 Å². The third kappa shape index (κ3) is 5.52. The molecule has 0 saturated carbocycles. The van der Waals surface area contributed by atoms with Crippen molar-refractivity contribution in [3.8, 4) is 0 Å². The number of piperidine rings is 1. The largest absolute Gasteiger partial charge is 0.377 e. The van der Waals surface area contributed by atoms with E-state index in [0.717, 1.165) is 51.9 Å². The van der Waals surface area contributed by atoms with E-state index in [1.54, 1.807) is 4.31 Å². The van der Waals surface area contributed by atoms with E-state index >= 15 is 0 Å². The molecule has 6 heteroatoms. The van der Waals surface area contributed by atoms with Gasteiger partial charge in [0.1, 0.15) is 0 Å². The van der Waals surface area contributed by atoms with Gasteiger partial charge in [0.05, 0.1) is 12.4 Å². The molecule has 0 radical (unpaired) electrons. The molecule has 2 fully saturated rings. The molecule has 1 aromatic rings. The highest BCUT2D eigenvalue weighted by atomic mass is 32.2. The van der Waals surface area contributed by atoms with E-state index in [9.17, 15) is 8.42 Å². The average molecular weight is 381 g/mol. The molecule has 146 valence electrons. The monoisotopic (exact) mass is 380 g/mol. The molecular formula is C20H32N2O3S. The highest BCUT2D eigenvalue weighted by Crippen LogP contribution is 2.23. The lowest BCUT2D eigenvalue weighted by Crippen LogP contribution is -2.43. The Morgan fingerprint density at radius 2 is 1.88 bits per heavy atom. The van der Waals surface area contributed by atoms with E-state index in [-0.39, 0.29) is 6.10 Å². The summed E-state index contributed by atoms with van der Waals surface area (Å²) in [4.78, 5) is 2.49. The Hall–Kier alpha value is -0.950. The van der Waals surface area contributed by atoms with Gasteiger partial charge in [-0.1, -0.05) is 24.3 Å². The Balaban J connectivity index is 1.50. The summed E-state index contributed by atoms with van der Waals surface area (Å²) in [6, 6.07) is 8.55. The van der Waals surface area contributed by atoms with Crippen molar-refractivity contribution in [3.63, 3.8) is 0 Å². The second-order valence-electron chi connectivity index (χ2n) is 7.86. The molecule has 0 aliphatic carbocycles. The zero-order chi connectivity index (χ0) is 18.6. The van der Waals surface area contributed by atoms with Crippen LogP contribution in [0.1, 0.15) is 36.8 Å². The minimum Gasteiger partial charge on any atom is -0.377 e. The maximum absolute atomic E-state index is 12.2. The fraction of sp³-hybridized carbons (Fsp3) is 0.700. The third-order valence-corrected chi connectivity index (χ3v) is 6.96. The van der Waals surface area contributed by atoms with Gasteiger partial charge in [-0.3, -0.25) is 4.90 Å². The minimum absolute atomic E-state index is 0.0749. The summed E-state index contributed by atoms with van der Waals surface area (Å²) in [6.07, 6.45) is 5.54. The van der Waals surface area contributed by atoms with Crippen LogP contribution in [-0.4, -0.2) is 62.8 Å². The highest BCUT2D eigenvalue weighted by Gasteiger charge is 2.28. The lowest BCUT2D eigenvalue weighted by molar-refractivity contribution is 0.0859. The van der Waals surface area contributed by atoms with Gasteiger partial charge in [0.25, 0.3) is 0 Å². The Morgan fingerprint density at radius 1 is 1.15 bits per heavy atom. The van der Waals surface area contributed by atoms with Gasteiger partial charge >= 0.3 is 0 Å². The number of benzene rings is 1. The predicted octanol–water partition coefficient (Wildman–Crippen LogP) is 2.65. The summed E-state index contributed by atoms with van der Waals surface area (Å²) in [5, 5.41) is 0. The first-order chi connectivity index (χ1) is 12.4. The summed E-state index contributed by atoms with van der Waals surface area (Å²) < 4.78 is 31.7. The molecule has 2 saturated heterocycles. The summed E-state index contributed by atoms with van der Waals surface area (Å²) in [5.41, 5.74) is 2.73. The molecule has 5 nitrogen and oxygen atoms in total. The van der Waals surface area contributed by atoms with Gasteiger partial charge in [0, 0.05) is 26.2 Å². The smallest absolute Gasteiger partial charge is 0.211 e. The van der Waals surface area contributed by atoms with Gasteiger partial charge in [0.15, 0.2) is 0 Å². The first-order valence-corrected chi connectivity index (χ1v) is 11.6. The van der Waals surface area contributed by atoms with Gasteiger partial charge in [0.2, 0.25) is 10.0 Å². The normalized spacial score (nSPS) is 23.0. The third-order valence-electron chi connectivity index (χ3n) is 5.72. The molecule has 1 aromatic carbocycles. The number of hydrogen-bond acceptors (Lipinski definition) is 4. The predicted molar refractivity (Wildman–Crippen MR) is 105 cm³/mol. The molecule has 2 aliphatic heterocycles. The van der Waals surface area contributed by atoms with Crippen LogP contribution in [0.25, 0.3) is 0 Å². The summed E-state index contributed by atoms with van der Waals surface area (Å²) in [7, 11) is -3.18. The second-order valence-corrected chi connectivity index (χ2v) is 9.84. The van der Waals surface area contributed by atoms with Crippen LogP contribution in [0.2, 0.25) is 0 Å². The van der Waals surface area contributed by atoms with Gasteiger partial charge < -0.3 is 4.74 Å². The van der Waals surface area contributed by atoms with Crippen LogP contribution < -0.4 is 0 Å². The van der Waals surface area contributed by atoms with Gasteiger partial charge in [-0.25, -0.2) is 8.42 Å². The number of aryl methyl sites for hydroxylation is 1. The number of rotatable bonds is 7. The second kappa shape index (κ2) is 8.83. The molecule has 0 spiro atoms. The van der Waals surface area contributed by atoms with Crippen molar-refractivity contribution in [3.05, 3.63) is 35.4 Å². The molecule has 26 heavy (non-hydrogen) atoms. The molecule has 0 aromatic heterocycles. The van der Waals surface area contributed by atoms with Crippen LogP contribution in [0.5, 0.6) is 0 Å². The molecule has 1 atom stereocenters. The maximum atomic E-state index is 12.2. The van der Waals surface area contributed by atoms with Crippen molar-refractivity contribution < 1.29 is 13.2 Å². The van der Waals surface area contributed by atoms with Crippen LogP contribution >= 0.6 is 0 Å². The number of ether oxygens (including phenoxy) is 1. The maximum Gasteiger partial charge on any atom is 0.211 e. The first kappa shape index (κ1) is 19.8. The topological polar surface area (TPSA) is 49.9 Å². The van der Waals surface area contributed by atoms with Crippen LogP contribution in [0.4, 0.5) is 0 Å². The van der Waals surface area contributed by atoms with Crippen molar-refractivity contribution >= 4 is 10.0 Å². The number of hydrogen-bond donors (Lipinski definition) is 0. The minimum atomic E-state index is -3.18. The standard InChI is InChI=1S/C20H32N2O3S/c1-17-6-3-4-7-19(17)15-21-11-9-18(10-12-21)14-22(26(2,23)24)16-20-8-5-13-25-20/h3-4,6-7,18,20H,5,8-16H2,1-2H3/t20-/m0/s1. The van der Waals surface area contributed by atoms with Crippen molar-refractivity contribution in [1.82, 2.24) is 9.21 Å². The van der Waals surface area contributed by atoms with Crippen LogP contribution in [0, 0.1) is 12.8 Å². The van der Waals surface area contributed by atoms with Crippen molar-refractivity contribution in [2.45, 2.75) is 45.3 Å². The summed E-state index contributed by atoms with van der Waals surface area (Å²) in [6.45, 7) is 7.15. The number of likely N-dealkylation sites (tertiary alicyclic amines) is 1. The van der Waals surface area contributed by atoms with E-state index in [0.29, 0.717) is 19.0 Å². The number of sulfonamides is 1. The zero-order valence-corrected chi connectivity index (χ0v) is 16.9. The lowest BCUT2D eigenvalue weighted by Gasteiger charge is -2.35. The molecule has 3 rings (SSSR count). The van der Waals surface area contributed by atoms with Gasteiger partial charge in [-0.05, 0) is 62.7 Å². The summed E-state index contributed by atoms with van der Waals surface area (Å²) >= 11 is 0. The molecule has 0 N–H and O–H groups in total. The SMILES string of the molecule is Cc1ccccc1CN1CCC(CN(C[C@@H]2CCCO2)S(C)(=O)=O)CC1. The van der Waals surface area contributed by atoms with Crippen LogP contribution in [0.3, 0.4) is 0 Å². The quantitative estimate of drug-likeness (QED) is 0.730. The van der Waals surface area contributed by atoms with Crippen molar-refractivity contribution in [2.75, 3.05) is 39.0 Å². The zero-order valence-electron chi connectivity index (χ0n) is 16.1. The lowest BCUT2D eigenvalue weighted by atomic mass is 9.96. The Kier molecular flexibility index (Phi) is 6.72. The van der Waals surface area contributed by atoms with Gasteiger partial charge in [-0.15, -0.1) is 0 Å². The molecule has 2 heterocycles. The van der Waals surface area contributed by atoms with E-state index in [4.69, 9.17) is 4.74 Å². The highest BCUT2D eigenvalue weighted by molar-refractivity contribution is 7.88. The van der Waals surface area contributed by atoms with E-state index < -0.39 is 10.0 Å². The Labute approximate surface area is 158 Å². The molecule has 2 aliphatic rings. The van der Waals surface area contributed by atoms with Crippen LogP contribution in [0.15, 0.2) is 24.3 Å². The van der Waals surface area contributed by atoms with Gasteiger partial charge in [-0.2, -0.15) is 4.31 Å². The van der Waals surface area contributed by atoms with Crippen molar-refractivity contribution in [2.24, 2.45) is 5.92 Å². The Bertz CT molecular complexity index is 678.